The molecule has 4 nitrogen and oxygen atoms in total. The van der Waals surface area contributed by atoms with Gasteiger partial charge >= 0.3 is 0 Å². The number of anilines is 6. The summed E-state index contributed by atoms with van der Waals surface area (Å²) in [5.41, 5.74) is 8.96. The van der Waals surface area contributed by atoms with Crippen molar-refractivity contribution in [3.63, 3.8) is 0 Å². The highest BCUT2D eigenvalue weighted by atomic mass is 15.4. The molecular formula is C25H28N4. The van der Waals surface area contributed by atoms with Crippen LogP contribution in [0, 0.1) is 6.92 Å². The van der Waals surface area contributed by atoms with E-state index in [0.717, 1.165) is 0 Å². The fourth-order valence-electron chi connectivity index (χ4n) is 4.88. The summed E-state index contributed by atoms with van der Waals surface area (Å²) in [6.45, 7) is 6.80. The van der Waals surface area contributed by atoms with Crippen LogP contribution in [-0.4, -0.2) is 26.4 Å². The van der Waals surface area contributed by atoms with Crippen molar-refractivity contribution >= 4 is 34.1 Å². The molecule has 2 atom stereocenters. The van der Waals surface area contributed by atoms with Crippen LogP contribution in [0.1, 0.15) is 19.4 Å². The predicted molar refractivity (Wildman–Crippen MR) is 124 cm³/mol. The molecule has 5 rings (SSSR count). The number of nitrogens with zero attached hydrogens (tertiary/aromatic N) is 4. The first-order valence-electron chi connectivity index (χ1n) is 10.3. The van der Waals surface area contributed by atoms with Gasteiger partial charge in [-0.2, -0.15) is 0 Å². The lowest BCUT2D eigenvalue weighted by Gasteiger charge is -2.33. The molecule has 0 aliphatic carbocycles. The monoisotopic (exact) mass is 384 g/mol. The maximum atomic E-state index is 2.46. The largest absolute Gasteiger partial charge is 0.353 e. The standard InChI is InChI=1S/C25H28N4/c1-17-20(28-18(2)26(4)22-11-6-8-13-24(22)28)15-10-16-21(17)29-19(3)27(5)23-12-7-9-14-25(23)29/h6-16,18-19H,1-5H3/t18-,19+. The zero-order valence-corrected chi connectivity index (χ0v) is 17.8. The van der Waals surface area contributed by atoms with Crippen LogP contribution in [0.15, 0.2) is 66.7 Å². The van der Waals surface area contributed by atoms with Crippen LogP contribution in [0.2, 0.25) is 0 Å². The van der Waals surface area contributed by atoms with E-state index in [2.05, 4.69) is 121 Å². The minimum atomic E-state index is 0.271. The van der Waals surface area contributed by atoms with Crippen LogP contribution in [-0.2, 0) is 0 Å². The van der Waals surface area contributed by atoms with Crippen LogP contribution in [0.5, 0.6) is 0 Å². The van der Waals surface area contributed by atoms with Gasteiger partial charge in [0.15, 0.2) is 0 Å². The number of benzene rings is 3. The van der Waals surface area contributed by atoms with E-state index in [9.17, 15) is 0 Å². The van der Waals surface area contributed by atoms with Crippen molar-refractivity contribution in [1.29, 1.82) is 0 Å². The SMILES string of the molecule is Cc1c(N2c3ccccc3N(C)[C@H]2C)cccc1N1c2ccccc2N(C)[C@@H]1C. The van der Waals surface area contributed by atoms with Crippen molar-refractivity contribution in [2.75, 3.05) is 33.7 Å². The molecule has 0 amide bonds. The van der Waals surface area contributed by atoms with Gasteiger partial charge in [-0.25, -0.2) is 0 Å². The summed E-state index contributed by atoms with van der Waals surface area (Å²) in [5, 5.41) is 0. The molecule has 0 bridgehead atoms. The molecule has 148 valence electrons. The molecule has 0 radical (unpaired) electrons. The van der Waals surface area contributed by atoms with Crippen LogP contribution in [0.25, 0.3) is 0 Å². The van der Waals surface area contributed by atoms with Crippen molar-refractivity contribution in [3.05, 3.63) is 72.3 Å². The number of hydrogen-bond donors (Lipinski definition) is 0. The van der Waals surface area contributed by atoms with Gasteiger partial charge in [0, 0.05) is 25.5 Å². The average Bonchev–Trinajstić information content (AvgIpc) is 3.14. The van der Waals surface area contributed by atoms with E-state index < -0.39 is 0 Å². The molecule has 0 saturated heterocycles. The van der Waals surface area contributed by atoms with Crippen LogP contribution < -0.4 is 19.6 Å². The van der Waals surface area contributed by atoms with E-state index in [1.807, 2.05) is 0 Å². The zero-order valence-electron chi connectivity index (χ0n) is 17.8. The van der Waals surface area contributed by atoms with E-state index in [1.54, 1.807) is 0 Å². The molecule has 0 N–H and O–H groups in total. The van der Waals surface area contributed by atoms with Crippen molar-refractivity contribution in [2.24, 2.45) is 0 Å². The molecule has 0 unspecified atom stereocenters. The summed E-state index contributed by atoms with van der Waals surface area (Å²) >= 11 is 0. The normalized spacial score (nSPS) is 20.3. The van der Waals surface area contributed by atoms with Crippen molar-refractivity contribution in [3.8, 4) is 0 Å². The Hall–Kier alpha value is -3.14. The predicted octanol–water partition coefficient (Wildman–Crippen LogP) is 5.86. The Morgan fingerprint density at radius 3 is 1.28 bits per heavy atom. The summed E-state index contributed by atoms with van der Waals surface area (Å²) in [7, 11) is 4.35. The lowest BCUT2D eigenvalue weighted by atomic mass is 10.1. The topological polar surface area (TPSA) is 13.0 Å². The highest BCUT2D eigenvalue weighted by Crippen LogP contribution is 2.48. The molecule has 4 heteroatoms. The van der Waals surface area contributed by atoms with Gasteiger partial charge in [0.05, 0.1) is 22.7 Å². The van der Waals surface area contributed by atoms with Crippen LogP contribution in [0.3, 0.4) is 0 Å². The smallest absolute Gasteiger partial charge is 0.103 e. The lowest BCUT2D eigenvalue weighted by molar-refractivity contribution is 0.725. The Labute approximate surface area is 173 Å². The first-order valence-corrected chi connectivity index (χ1v) is 10.3. The maximum Gasteiger partial charge on any atom is 0.103 e. The molecule has 0 fully saturated rings. The van der Waals surface area contributed by atoms with E-state index in [0.29, 0.717) is 0 Å². The van der Waals surface area contributed by atoms with Crippen LogP contribution in [0.4, 0.5) is 34.1 Å². The zero-order chi connectivity index (χ0) is 20.3. The number of rotatable bonds is 2. The molecular weight excluding hydrogens is 356 g/mol. The average molecular weight is 385 g/mol. The van der Waals surface area contributed by atoms with Crippen molar-refractivity contribution in [2.45, 2.75) is 33.1 Å². The van der Waals surface area contributed by atoms with Gasteiger partial charge < -0.3 is 19.6 Å². The van der Waals surface area contributed by atoms with Gasteiger partial charge in [0.25, 0.3) is 0 Å². The molecule has 2 aliphatic heterocycles. The van der Waals surface area contributed by atoms with Gasteiger partial charge in [-0.1, -0.05) is 30.3 Å². The van der Waals surface area contributed by atoms with E-state index in [4.69, 9.17) is 0 Å². The molecule has 0 saturated carbocycles. The number of hydrogen-bond acceptors (Lipinski definition) is 4. The molecule has 2 aliphatic rings. The number of fused-ring (bicyclic) bond motifs is 2. The van der Waals surface area contributed by atoms with E-state index >= 15 is 0 Å². The van der Waals surface area contributed by atoms with Gasteiger partial charge in [0.2, 0.25) is 0 Å². The first-order chi connectivity index (χ1) is 14.0. The van der Waals surface area contributed by atoms with Crippen molar-refractivity contribution < 1.29 is 0 Å². The minimum absolute atomic E-state index is 0.271. The van der Waals surface area contributed by atoms with Crippen molar-refractivity contribution in [1.82, 2.24) is 0 Å². The van der Waals surface area contributed by atoms with Gasteiger partial charge in [-0.15, -0.1) is 0 Å². The highest BCUT2D eigenvalue weighted by Gasteiger charge is 2.35. The highest BCUT2D eigenvalue weighted by molar-refractivity contribution is 5.89. The molecule has 3 aromatic carbocycles. The third-order valence-corrected chi connectivity index (χ3v) is 6.71. The molecule has 29 heavy (non-hydrogen) atoms. The van der Waals surface area contributed by atoms with Gasteiger partial charge in [-0.3, -0.25) is 0 Å². The summed E-state index contributed by atoms with van der Waals surface area (Å²) in [6, 6.07) is 24.1. The Kier molecular flexibility index (Phi) is 3.98. The summed E-state index contributed by atoms with van der Waals surface area (Å²) in [4.78, 5) is 9.63. The fourth-order valence-corrected chi connectivity index (χ4v) is 4.88. The Morgan fingerprint density at radius 1 is 0.517 bits per heavy atom. The van der Waals surface area contributed by atoms with E-state index in [1.165, 1.54) is 39.7 Å². The third kappa shape index (κ3) is 2.45. The molecule has 0 spiro atoms. The van der Waals surface area contributed by atoms with Crippen LogP contribution >= 0.6 is 0 Å². The van der Waals surface area contributed by atoms with E-state index in [-0.39, 0.29) is 12.3 Å². The minimum Gasteiger partial charge on any atom is -0.353 e. The van der Waals surface area contributed by atoms with Gasteiger partial charge in [0.1, 0.15) is 12.3 Å². The maximum absolute atomic E-state index is 2.46. The Bertz CT molecular complexity index is 994. The Balaban J connectivity index is 1.64. The summed E-state index contributed by atoms with van der Waals surface area (Å²) < 4.78 is 0. The second kappa shape index (κ2) is 6.45. The second-order valence-corrected chi connectivity index (χ2v) is 8.12. The molecule has 3 aromatic rings. The third-order valence-electron chi connectivity index (χ3n) is 6.71. The lowest BCUT2D eigenvalue weighted by Crippen LogP contribution is -2.37. The fraction of sp³-hybridized carbons (Fsp3) is 0.280. The first kappa shape index (κ1) is 17.9. The Morgan fingerprint density at radius 2 is 0.862 bits per heavy atom. The van der Waals surface area contributed by atoms with Gasteiger partial charge in [-0.05, 0) is 62.7 Å². The summed E-state index contributed by atoms with van der Waals surface area (Å²) in [5.74, 6) is 0. The molecule has 0 aromatic heterocycles. The number of para-hydroxylation sites is 4. The second-order valence-electron chi connectivity index (χ2n) is 8.12. The quantitative estimate of drug-likeness (QED) is 0.548. The molecule has 2 heterocycles. The summed E-state index contributed by atoms with van der Waals surface area (Å²) in [6.07, 6.45) is 0.541.